The van der Waals surface area contributed by atoms with Crippen molar-refractivity contribution in [1.82, 2.24) is 10.3 Å². The Morgan fingerprint density at radius 2 is 1.83 bits per heavy atom. The second-order valence-electron chi connectivity index (χ2n) is 4.35. The fourth-order valence-corrected chi connectivity index (χ4v) is 1.82. The van der Waals surface area contributed by atoms with E-state index in [1.54, 1.807) is 6.20 Å². The quantitative estimate of drug-likeness (QED) is 0.845. The highest BCUT2D eigenvalue weighted by Crippen LogP contribution is 2.16. The Balaban J connectivity index is 1.90. The van der Waals surface area contributed by atoms with Crippen LogP contribution < -0.4 is 5.32 Å². The first kappa shape index (κ1) is 12.7. The molecule has 1 aromatic heterocycles. The Morgan fingerprint density at radius 3 is 2.50 bits per heavy atom. The van der Waals surface area contributed by atoms with E-state index >= 15 is 0 Å². The van der Waals surface area contributed by atoms with Crippen molar-refractivity contribution in [3.8, 4) is 0 Å². The molecule has 0 aliphatic carbocycles. The van der Waals surface area contributed by atoms with Gasteiger partial charge in [0.15, 0.2) is 0 Å². The third-order valence-electron chi connectivity index (χ3n) is 2.95. The maximum Gasteiger partial charge on any atom is 0.0940 e. The molecule has 2 rings (SSSR count). The molecule has 3 heteroatoms. The standard InChI is InChI=1S/C15H18N2O/c1-12(15(18)13-7-3-2-4-8-13)17-11-14-9-5-6-10-16-14/h2-10,12,15,17-18H,11H2,1H3/t12-,15-/m0/s1. The van der Waals surface area contributed by atoms with E-state index < -0.39 is 6.10 Å². The van der Waals surface area contributed by atoms with Crippen molar-refractivity contribution in [2.75, 3.05) is 0 Å². The summed E-state index contributed by atoms with van der Waals surface area (Å²) >= 11 is 0. The van der Waals surface area contributed by atoms with Gasteiger partial charge in [0.2, 0.25) is 0 Å². The van der Waals surface area contributed by atoms with Gasteiger partial charge in [0.1, 0.15) is 0 Å². The number of aliphatic hydroxyl groups is 1. The maximum absolute atomic E-state index is 10.2. The lowest BCUT2D eigenvalue weighted by Gasteiger charge is -2.20. The second-order valence-corrected chi connectivity index (χ2v) is 4.35. The van der Waals surface area contributed by atoms with Gasteiger partial charge in [0.25, 0.3) is 0 Å². The molecule has 1 aromatic carbocycles. The molecule has 0 spiro atoms. The minimum absolute atomic E-state index is 0.0191. The lowest BCUT2D eigenvalue weighted by atomic mass is 10.0. The Labute approximate surface area is 108 Å². The highest BCUT2D eigenvalue weighted by atomic mass is 16.3. The summed E-state index contributed by atoms with van der Waals surface area (Å²) < 4.78 is 0. The van der Waals surface area contributed by atoms with Gasteiger partial charge in [-0.25, -0.2) is 0 Å². The number of aliphatic hydroxyl groups excluding tert-OH is 1. The zero-order valence-electron chi connectivity index (χ0n) is 10.5. The van der Waals surface area contributed by atoms with Gasteiger partial charge in [-0.15, -0.1) is 0 Å². The molecule has 1 heterocycles. The third kappa shape index (κ3) is 3.39. The summed E-state index contributed by atoms with van der Waals surface area (Å²) in [5.74, 6) is 0. The summed E-state index contributed by atoms with van der Waals surface area (Å²) in [7, 11) is 0. The molecular formula is C15H18N2O. The molecule has 0 saturated heterocycles. The minimum atomic E-state index is -0.505. The molecule has 94 valence electrons. The van der Waals surface area contributed by atoms with Gasteiger partial charge in [0.05, 0.1) is 11.8 Å². The summed E-state index contributed by atoms with van der Waals surface area (Å²) in [5, 5.41) is 13.5. The summed E-state index contributed by atoms with van der Waals surface area (Å²) in [6.45, 7) is 2.63. The number of aromatic nitrogens is 1. The molecule has 2 atom stereocenters. The molecule has 0 fully saturated rings. The van der Waals surface area contributed by atoms with Crippen LogP contribution in [0.4, 0.5) is 0 Å². The van der Waals surface area contributed by atoms with Crippen LogP contribution in [-0.2, 0) is 6.54 Å². The molecule has 2 aromatic rings. The Bertz CT molecular complexity index is 458. The number of hydrogen-bond donors (Lipinski definition) is 2. The molecule has 3 nitrogen and oxygen atoms in total. The van der Waals surface area contributed by atoms with Crippen LogP contribution in [0.15, 0.2) is 54.7 Å². The predicted octanol–water partition coefficient (Wildman–Crippen LogP) is 2.29. The zero-order valence-corrected chi connectivity index (χ0v) is 10.5. The average molecular weight is 242 g/mol. The third-order valence-corrected chi connectivity index (χ3v) is 2.95. The van der Waals surface area contributed by atoms with Gasteiger partial charge in [0, 0.05) is 18.8 Å². The second kappa shape index (κ2) is 6.28. The van der Waals surface area contributed by atoms with Crippen molar-refractivity contribution in [3.63, 3.8) is 0 Å². The molecule has 2 N–H and O–H groups in total. The van der Waals surface area contributed by atoms with Crippen LogP contribution in [0.25, 0.3) is 0 Å². The molecule has 18 heavy (non-hydrogen) atoms. The van der Waals surface area contributed by atoms with E-state index in [0.29, 0.717) is 6.54 Å². The fraction of sp³-hybridized carbons (Fsp3) is 0.267. The molecule has 0 saturated carbocycles. The van der Waals surface area contributed by atoms with Crippen LogP contribution in [-0.4, -0.2) is 16.1 Å². The van der Waals surface area contributed by atoms with Gasteiger partial charge in [-0.1, -0.05) is 36.4 Å². The molecule has 0 aliphatic heterocycles. The highest BCUT2D eigenvalue weighted by Gasteiger charge is 2.15. The van der Waals surface area contributed by atoms with Crippen molar-refractivity contribution in [2.24, 2.45) is 0 Å². The number of nitrogens with zero attached hydrogens (tertiary/aromatic N) is 1. The normalized spacial score (nSPS) is 14.1. The van der Waals surface area contributed by atoms with E-state index in [2.05, 4.69) is 10.3 Å². The van der Waals surface area contributed by atoms with Gasteiger partial charge < -0.3 is 10.4 Å². The van der Waals surface area contributed by atoms with Crippen molar-refractivity contribution in [2.45, 2.75) is 25.6 Å². The van der Waals surface area contributed by atoms with Crippen LogP contribution >= 0.6 is 0 Å². The molecule has 0 radical (unpaired) electrons. The van der Waals surface area contributed by atoms with Gasteiger partial charge in [-0.2, -0.15) is 0 Å². The van der Waals surface area contributed by atoms with Gasteiger partial charge in [-0.05, 0) is 24.6 Å². The molecule has 0 aliphatic rings. The Hall–Kier alpha value is -1.71. The van der Waals surface area contributed by atoms with E-state index in [9.17, 15) is 5.11 Å². The van der Waals surface area contributed by atoms with Crippen LogP contribution in [0.5, 0.6) is 0 Å². The number of rotatable bonds is 5. The van der Waals surface area contributed by atoms with Gasteiger partial charge in [-0.3, -0.25) is 4.98 Å². The summed E-state index contributed by atoms with van der Waals surface area (Å²) in [4.78, 5) is 4.24. The molecular weight excluding hydrogens is 224 g/mol. The lowest BCUT2D eigenvalue weighted by molar-refractivity contribution is 0.135. The number of benzene rings is 1. The number of pyridine rings is 1. The lowest BCUT2D eigenvalue weighted by Crippen LogP contribution is -2.31. The number of nitrogens with one attached hydrogen (secondary N) is 1. The molecule has 0 amide bonds. The average Bonchev–Trinajstić information content (AvgIpc) is 2.46. The largest absolute Gasteiger partial charge is 0.387 e. The van der Waals surface area contributed by atoms with Crippen LogP contribution in [0.3, 0.4) is 0 Å². The van der Waals surface area contributed by atoms with Crippen molar-refractivity contribution in [3.05, 3.63) is 66.0 Å². The van der Waals surface area contributed by atoms with Crippen molar-refractivity contribution < 1.29 is 5.11 Å². The van der Waals surface area contributed by atoms with Crippen LogP contribution in [0.2, 0.25) is 0 Å². The Morgan fingerprint density at radius 1 is 1.11 bits per heavy atom. The van der Waals surface area contributed by atoms with Crippen molar-refractivity contribution in [1.29, 1.82) is 0 Å². The molecule has 0 unspecified atom stereocenters. The van der Waals surface area contributed by atoms with E-state index in [0.717, 1.165) is 11.3 Å². The summed E-state index contributed by atoms with van der Waals surface area (Å²) in [6.07, 6.45) is 1.27. The minimum Gasteiger partial charge on any atom is -0.387 e. The molecule has 0 bridgehead atoms. The first-order valence-electron chi connectivity index (χ1n) is 6.13. The Kier molecular flexibility index (Phi) is 4.45. The first-order chi connectivity index (χ1) is 8.77. The zero-order chi connectivity index (χ0) is 12.8. The highest BCUT2D eigenvalue weighted by molar-refractivity contribution is 5.18. The van der Waals surface area contributed by atoms with Crippen LogP contribution in [0, 0.1) is 0 Å². The van der Waals surface area contributed by atoms with E-state index in [-0.39, 0.29) is 6.04 Å². The van der Waals surface area contributed by atoms with E-state index in [4.69, 9.17) is 0 Å². The summed E-state index contributed by atoms with van der Waals surface area (Å²) in [5.41, 5.74) is 1.91. The smallest absolute Gasteiger partial charge is 0.0940 e. The topological polar surface area (TPSA) is 45.2 Å². The maximum atomic E-state index is 10.2. The number of hydrogen-bond acceptors (Lipinski definition) is 3. The predicted molar refractivity (Wildman–Crippen MR) is 71.9 cm³/mol. The SMILES string of the molecule is C[C@H](NCc1ccccn1)[C@H](O)c1ccccc1. The van der Waals surface area contributed by atoms with E-state index in [1.165, 1.54) is 0 Å². The monoisotopic (exact) mass is 242 g/mol. The van der Waals surface area contributed by atoms with E-state index in [1.807, 2.05) is 55.5 Å². The first-order valence-corrected chi connectivity index (χ1v) is 6.13. The van der Waals surface area contributed by atoms with Crippen molar-refractivity contribution >= 4 is 0 Å². The fourth-order valence-electron chi connectivity index (χ4n) is 1.82. The summed E-state index contributed by atoms with van der Waals surface area (Å²) in [6, 6.07) is 15.5. The van der Waals surface area contributed by atoms with Gasteiger partial charge >= 0.3 is 0 Å². The van der Waals surface area contributed by atoms with Crippen LogP contribution in [0.1, 0.15) is 24.3 Å².